The second-order valence-corrected chi connectivity index (χ2v) is 4.31. The van der Waals surface area contributed by atoms with Crippen molar-refractivity contribution in [3.05, 3.63) is 0 Å². The highest BCUT2D eigenvalue weighted by atomic mass is 14.3. The quantitative estimate of drug-likeness (QED) is 0.611. The molecule has 0 heterocycles. The van der Waals surface area contributed by atoms with E-state index in [2.05, 4.69) is 33.8 Å². The van der Waals surface area contributed by atoms with Crippen molar-refractivity contribution >= 4 is 0 Å². The van der Waals surface area contributed by atoms with Crippen molar-refractivity contribution < 1.29 is 0 Å². The Balaban J connectivity index is 3.68. The Morgan fingerprint density at radius 3 is 2.33 bits per heavy atom. The molecule has 0 aliphatic heterocycles. The lowest BCUT2D eigenvalue weighted by Gasteiger charge is -2.19. The number of hydrogen-bond donors (Lipinski definition) is 0. The van der Waals surface area contributed by atoms with Gasteiger partial charge in [0.1, 0.15) is 0 Å². The zero-order chi connectivity index (χ0) is 9.61. The Morgan fingerprint density at radius 1 is 1.42 bits per heavy atom. The maximum atomic E-state index is 8.90. The lowest BCUT2D eigenvalue weighted by atomic mass is 9.83. The van der Waals surface area contributed by atoms with E-state index in [0.29, 0.717) is 0 Å². The summed E-state index contributed by atoms with van der Waals surface area (Å²) < 4.78 is 0. The zero-order valence-corrected chi connectivity index (χ0v) is 8.85. The summed E-state index contributed by atoms with van der Waals surface area (Å²) in [5.41, 5.74) is -0.0745. The second kappa shape index (κ2) is 5.19. The van der Waals surface area contributed by atoms with E-state index in [1.54, 1.807) is 0 Å². The lowest BCUT2D eigenvalue weighted by Crippen LogP contribution is -2.12. The standard InChI is InChI=1S/C11H21N/c1-5-11(4,9-12)8-6-7-10(2)3/h10H,5-8H2,1-4H3. The molecule has 0 aromatic heterocycles. The molecule has 0 amide bonds. The van der Waals surface area contributed by atoms with Gasteiger partial charge in [-0.05, 0) is 25.7 Å². The zero-order valence-electron chi connectivity index (χ0n) is 8.85. The van der Waals surface area contributed by atoms with Crippen LogP contribution in [-0.2, 0) is 0 Å². The number of hydrogen-bond acceptors (Lipinski definition) is 1. The van der Waals surface area contributed by atoms with Gasteiger partial charge in [-0.15, -0.1) is 0 Å². The molecule has 0 fully saturated rings. The first-order valence-electron chi connectivity index (χ1n) is 4.95. The highest BCUT2D eigenvalue weighted by molar-refractivity contribution is 4.94. The molecule has 0 aromatic carbocycles. The van der Waals surface area contributed by atoms with Gasteiger partial charge in [0.15, 0.2) is 0 Å². The fourth-order valence-electron chi connectivity index (χ4n) is 1.21. The summed E-state index contributed by atoms with van der Waals surface area (Å²) in [6.07, 6.45) is 4.46. The van der Waals surface area contributed by atoms with Crippen molar-refractivity contribution in [1.82, 2.24) is 0 Å². The fraction of sp³-hybridized carbons (Fsp3) is 0.909. The van der Waals surface area contributed by atoms with Gasteiger partial charge in [-0.25, -0.2) is 0 Å². The number of nitrogens with zero attached hydrogens (tertiary/aromatic N) is 1. The Bertz CT molecular complexity index is 155. The second-order valence-electron chi connectivity index (χ2n) is 4.31. The molecule has 0 saturated heterocycles. The Hall–Kier alpha value is -0.510. The maximum absolute atomic E-state index is 8.90. The molecule has 0 spiro atoms. The molecule has 0 aliphatic rings. The predicted molar refractivity (Wildman–Crippen MR) is 52.7 cm³/mol. The molecule has 0 saturated carbocycles. The van der Waals surface area contributed by atoms with Crippen LogP contribution in [-0.4, -0.2) is 0 Å². The average Bonchev–Trinajstić information content (AvgIpc) is 2.03. The van der Waals surface area contributed by atoms with E-state index >= 15 is 0 Å². The Kier molecular flexibility index (Phi) is 4.97. The normalized spacial score (nSPS) is 15.7. The van der Waals surface area contributed by atoms with Crippen LogP contribution in [0.4, 0.5) is 0 Å². The van der Waals surface area contributed by atoms with E-state index in [9.17, 15) is 0 Å². The van der Waals surface area contributed by atoms with Gasteiger partial charge in [0.2, 0.25) is 0 Å². The first-order valence-corrected chi connectivity index (χ1v) is 4.95. The molecule has 0 radical (unpaired) electrons. The number of nitriles is 1. The van der Waals surface area contributed by atoms with Crippen LogP contribution in [0.1, 0.15) is 53.4 Å². The van der Waals surface area contributed by atoms with Crippen molar-refractivity contribution in [2.45, 2.75) is 53.4 Å². The molecule has 0 aromatic rings. The van der Waals surface area contributed by atoms with E-state index in [0.717, 1.165) is 18.8 Å². The van der Waals surface area contributed by atoms with Crippen LogP contribution in [0.3, 0.4) is 0 Å². The molecule has 0 bridgehead atoms. The molecule has 1 unspecified atom stereocenters. The molecule has 0 N–H and O–H groups in total. The van der Waals surface area contributed by atoms with Crippen LogP contribution in [0.15, 0.2) is 0 Å². The van der Waals surface area contributed by atoms with Crippen LogP contribution in [0.2, 0.25) is 0 Å². The third-order valence-corrected chi connectivity index (χ3v) is 2.56. The number of rotatable bonds is 5. The van der Waals surface area contributed by atoms with Gasteiger partial charge in [0.05, 0.1) is 11.5 Å². The van der Waals surface area contributed by atoms with Crippen LogP contribution in [0, 0.1) is 22.7 Å². The minimum atomic E-state index is -0.0745. The largest absolute Gasteiger partial charge is 0.198 e. The summed E-state index contributed by atoms with van der Waals surface area (Å²) in [6.45, 7) is 8.62. The fourth-order valence-corrected chi connectivity index (χ4v) is 1.21. The molecule has 70 valence electrons. The highest BCUT2D eigenvalue weighted by Gasteiger charge is 2.20. The summed E-state index contributed by atoms with van der Waals surface area (Å²) in [5, 5.41) is 8.90. The minimum absolute atomic E-state index is 0.0745. The third kappa shape index (κ3) is 4.38. The van der Waals surface area contributed by atoms with Gasteiger partial charge in [0, 0.05) is 0 Å². The first kappa shape index (κ1) is 11.5. The smallest absolute Gasteiger partial charge is 0.0686 e. The van der Waals surface area contributed by atoms with Gasteiger partial charge < -0.3 is 0 Å². The van der Waals surface area contributed by atoms with Gasteiger partial charge in [-0.2, -0.15) is 5.26 Å². The van der Waals surface area contributed by atoms with Gasteiger partial charge >= 0.3 is 0 Å². The first-order chi connectivity index (χ1) is 5.54. The summed E-state index contributed by atoms with van der Waals surface area (Å²) in [5.74, 6) is 0.768. The minimum Gasteiger partial charge on any atom is -0.198 e. The van der Waals surface area contributed by atoms with Crippen LogP contribution < -0.4 is 0 Å². The molecule has 0 aliphatic carbocycles. The van der Waals surface area contributed by atoms with Crippen LogP contribution >= 0.6 is 0 Å². The summed E-state index contributed by atoms with van der Waals surface area (Å²) >= 11 is 0. The van der Waals surface area contributed by atoms with E-state index in [1.165, 1.54) is 12.8 Å². The van der Waals surface area contributed by atoms with Gasteiger partial charge in [-0.3, -0.25) is 0 Å². The molecule has 12 heavy (non-hydrogen) atoms. The van der Waals surface area contributed by atoms with E-state index in [1.807, 2.05) is 0 Å². The van der Waals surface area contributed by atoms with Crippen molar-refractivity contribution in [1.29, 1.82) is 5.26 Å². The van der Waals surface area contributed by atoms with Crippen molar-refractivity contribution in [3.8, 4) is 6.07 Å². The summed E-state index contributed by atoms with van der Waals surface area (Å²) in [4.78, 5) is 0. The highest BCUT2D eigenvalue weighted by Crippen LogP contribution is 2.27. The predicted octanol–water partition coefficient (Wildman–Crippen LogP) is 3.75. The topological polar surface area (TPSA) is 23.8 Å². The SMILES string of the molecule is CCC(C)(C#N)CCCC(C)C. The molecular weight excluding hydrogens is 146 g/mol. The maximum Gasteiger partial charge on any atom is 0.0686 e. The van der Waals surface area contributed by atoms with Crippen molar-refractivity contribution in [3.63, 3.8) is 0 Å². The Labute approximate surface area is 76.8 Å². The third-order valence-electron chi connectivity index (χ3n) is 2.56. The van der Waals surface area contributed by atoms with Gasteiger partial charge in [-0.1, -0.05) is 33.6 Å². The average molecular weight is 167 g/mol. The van der Waals surface area contributed by atoms with E-state index < -0.39 is 0 Å². The van der Waals surface area contributed by atoms with Crippen molar-refractivity contribution in [2.24, 2.45) is 11.3 Å². The molecule has 0 rings (SSSR count). The monoisotopic (exact) mass is 167 g/mol. The Morgan fingerprint density at radius 2 is 2.00 bits per heavy atom. The summed E-state index contributed by atoms with van der Waals surface area (Å²) in [6, 6.07) is 2.40. The van der Waals surface area contributed by atoms with E-state index in [4.69, 9.17) is 5.26 Å². The van der Waals surface area contributed by atoms with Crippen LogP contribution in [0.25, 0.3) is 0 Å². The molecular formula is C11H21N. The van der Waals surface area contributed by atoms with E-state index in [-0.39, 0.29) is 5.41 Å². The van der Waals surface area contributed by atoms with Crippen LogP contribution in [0.5, 0.6) is 0 Å². The van der Waals surface area contributed by atoms with Crippen molar-refractivity contribution in [2.75, 3.05) is 0 Å². The van der Waals surface area contributed by atoms with Gasteiger partial charge in [0.25, 0.3) is 0 Å². The molecule has 1 nitrogen and oxygen atoms in total. The lowest BCUT2D eigenvalue weighted by molar-refractivity contribution is 0.359. The molecule has 1 atom stereocenters. The summed E-state index contributed by atoms with van der Waals surface area (Å²) in [7, 11) is 0. The molecule has 1 heteroatoms.